The van der Waals surface area contributed by atoms with Gasteiger partial charge in [0.05, 0.1) is 6.42 Å². The van der Waals surface area contributed by atoms with Crippen LogP contribution in [0.15, 0.2) is 24.3 Å². The molecule has 0 aromatic heterocycles. The third-order valence-corrected chi connectivity index (χ3v) is 5.42. The third-order valence-electron chi connectivity index (χ3n) is 5.42. The van der Waals surface area contributed by atoms with Crippen LogP contribution in [0.4, 0.5) is 10.5 Å². The largest absolute Gasteiger partial charge is 0.369 e. The summed E-state index contributed by atoms with van der Waals surface area (Å²) in [6.45, 7) is 1.64. The molecule has 2 aliphatic rings. The number of benzene rings is 1. The molecule has 8 nitrogen and oxygen atoms in total. The third kappa shape index (κ3) is 3.79. The first kappa shape index (κ1) is 18.9. The molecule has 3 rings (SSSR count). The van der Waals surface area contributed by atoms with Crippen molar-refractivity contribution < 1.29 is 19.2 Å². The Bertz CT molecular complexity index is 776. The molecule has 27 heavy (non-hydrogen) atoms. The van der Waals surface area contributed by atoms with Gasteiger partial charge in [0.15, 0.2) is 0 Å². The van der Waals surface area contributed by atoms with Crippen LogP contribution in [-0.4, -0.2) is 40.7 Å². The Morgan fingerprint density at radius 3 is 2.59 bits per heavy atom. The van der Waals surface area contributed by atoms with Crippen LogP contribution in [0.1, 0.15) is 38.2 Å². The van der Waals surface area contributed by atoms with Crippen LogP contribution in [0.25, 0.3) is 0 Å². The monoisotopic (exact) mass is 372 g/mol. The molecule has 4 N–H and O–H groups in total. The van der Waals surface area contributed by atoms with E-state index in [-0.39, 0.29) is 24.8 Å². The van der Waals surface area contributed by atoms with Crippen molar-refractivity contribution >= 4 is 29.4 Å². The minimum atomic E-state index is -0.869. The van der Waals surface area contributed by atoms with Gasteiger partial charge in [-0.3, -0.25) is 19.3 Å². The van der Waals surface area contributed by atoms with Crippen LogP contribution in [0, 0.1) is 5.92 Å². The smallest absolute Gasteiger partial charge is 0.325 e. The predicted molar refractivity (Wildman–Crippen MR) is 98.6 cm³/mol. The summed E-state index contributed by atoms with van der Waals surface area (Å²) in [6.07, 6.45) is 3.53. The Morgan fingerprint density at radius 2 is 1.96 bits per heavy atom. The Kier molecular flexibility index (Phi) is 5.16. The average Bonchev–Trinajstić information content (AvgIpc) is 2.84. The lowest BCUT2D eigenvalue weighted by atomic mass is 9.73. The van der Waals surface area contributed by atoms with Gasteiger partial charge in [0.25, 0.3) is 5.91 Å². The van der Waals surface area contributed by atoms with E-state index in [1.165, 1.54) is 0 Å². The Hall–Kier alpha value is -2.90. The van der Waals surface area contributed by atoms with Crippen molar-refractivity contribution in [2.75, 3.05) is 11.9 Å². The lowest BCUT2D eigenvalue weighted by Gasteiger charge is -2.36. The number of nitrogens with one attached hydrogen (secondary N) is 2. The molecule has 1 aliphatic carbocycles. The Morgan fingerprint density at radius 1 is 1.26 bits per heavy atom. The van der Waals surface area contributed by atoms with Gasteiger partial charge in [-0.2, -0.15) is 0 Å². The lowest BCUT2D eigenvalue weighted by Crippen LogP contribution is -2.54. The number of rotatable bonds is 5. The van der Waals surface area contributed by atoms with Crippen LogP contribution in [0.2, 0.25) is 0 Å². The number of hydrogen-bond acceptors (Lipinski definition) is 4. The normalized spacial score (nSPS) is 24.8. The number of nitrogens with zero attached hydrogens (tertiary/aromatic N) is 1. The number of imide groups is 1. The van der Waals surface area contributed by atoms with E-state index in [1.54, 1.807) is 24.3 Å². The van der Waals surface area contributed by atoms with Crippen molar-refractivity contribution in [1.29, 1.82) is 0 Å². The molecule has 2 atom stereocenters. The molecule has 1 saturated carbocycles. The molecular weight excluding hydrogens is 348 g/mol. The van der Waals surface area contributed by atoms with E-state index in [0.29, 0.717) is 12.1 Å². The maximum atomic E-state index is 12.9. The molecule has 1 aromatic carbocycles. The van der Waals surface area contributed by atoms with Crippen LogP contribution in [0.5, 0.6) is 0 Å². The maximum absolute atomic E-state index is 12.9. The summed E-state index contributed by atoms with van der Waals surface area (Å²) in [5.41, 5.74) is 5.53. The standard InChI is InChI=1S/C19H24N4O4/c1-12-4-2-3-9-19(12)17(26)23(18(27)22-19)11-16(25)21-14-7-5-13(6-8-14)10-15(20)24/h5-8,12H,2-4,9-11H2,1H3,(H2,20,24)(H,21,25)(H,22,27). The Balaban J connectivity index is 1.63. The SMILES string of the molecule is CC1CCCCC12NC(=O)N(CC(=O)Nc1ccc(CC(N)=O)cc1)C2=O. The molecule has 1 heterocycles. The molecule has 0 radical (unpaired) electrons. The van der Waals surface area contributed by atoms with Crippen molar-refractivity contribution in [2.45, 2.75) is 44.6 Å². The highest BCUT2D eigenvalue weighted by Crippen LogP contribution is 2.38. The fourth-order valence-corrected chi connectivity index (χ4v) is 3.89. The molecular formula is C19H24N4O4. The fourth-order valence-electron chi connectivity index (χ4n) is 3.89. The molecule has 1 aliphatic heterocycles. The van der Waals surface area contributed by atoms with Crippen LogP contribution < -0.4 is 16.4 Å². The zero-order valence-electron chi connectivity index (χ0n) is 15.3. The van der Waals surface area contributed by atoms with Gasteiger partial charge in [0.1, 0.15) is 12.1 Å². The number of carbonyl (C=O) groups excluding carboxylic acids is 4. The molecule has 0 bridgehead atoms. The van der Waals surface area contributed by atoms with Gasteiger partial charge in [0.2, 0.25) is 11.8 Å². The van der Waals surface area contributed by atoms with Crippen molar-refractivity contribution in [3.8, 4) is 0 Å². The number of carbonyl (C=O) groups is 4. The van der Waals surface area contributed by atoms with E-state index >= 15 is 0 Å². The second-order valence-electron chi connectivity index (χ2n) is 7.33. The highest BCUT2D eigenvalue weighted by atomic mass is 16.2. The van der Waals surface area contributed by atoms with Crippen molar-refractivity contribution in [2.24, 2.45) is 11.7 Å². The number of urea groups is 1. The average molecular weight is 372 g/mol. The molecule has 5 amide bonds. The molecule has 1 aromatic rings. The summed E-state index contributed by atoms with van der Waals surface area (Å²) >= 11 is 0. The van der Waals surface area contributed by atoms with Gasteiger partial charge in [-0.1, -0.05) is 31.9 Å². The van der Waals surface area contributed by atoms with E-state index in [9.17, 15) is 19.2 Å². The minimum absolute atomic E-state index is 0.0496. The number of amides is 5. The second kappa shape index (κ2) is 7.38. The minimum Gasteiger partial charge on any atom is -0.369 e. The molecule has 2 fully saturated rings. The summed E-state index contributed by atoms with van der Waals surface area (Å²) in [6, 6.07) is 6.15. The molecule has 144 valence electrons. The highest BCUT2D eigenvalue weighted by Gasteiger charge is 2.55. The van der Waals surface area contributed by atoms with Crippen molar-refractivity contribution in [3.63, 3.8) is 0 Å². The number of hydrogen-bond donors (Lipinski definition) is 3. The van der Waals surface area contributed by atoms with Gasteiger partial charge < -0.3 is 16.4 Å². The zero-order valence-corrected chi connectivity index (χ0v) is 15.3. The molecule has 8 heteroatoms. The fraction of sp³-hybridized carbons (Fsp3) is 0.474. The van der Waals surface area contributed by atoms with Crippen molar-refractivity contribution in [3.05, 3.63) is 29.8 Å². The summed E-state index contributed by atoms with van der Waals surface area (Å²) < 4.78 is 0. The summed E-state index contributed by atoms with van der Waals surface area (Å²) in [5, 5.41) is 5.49. The summed E-state index contributed by atoms with van der Waals surface area (Å²) in [4.78, 5) is 49.4. The summed E-state index contributed by atoms with van der Waals surface area (Å²) in [7, 11) is 0. The molecule has 1 saturated heterocycles. The van der Waals surface area contributed by atoms with Gasteiger partial charge in [-0.25, -0.2) is 4.79 Å². The van der Waals surface area contributed by atoms with Gasteiger partial charge in [0, 0.05) is 5.69 Å². The van der Waals surface area contributed by atoms with Gasteiger partial charge in [-0.05, 0) is 36.5 Å². The predicted octanol–water partition coefficient (Wildman–Crippen LogP) is 1.15. The van der Waals surface area contributed by atoms with Crippen LogP contribution in [0.3, 0.4) is 0 Å². The van der Waals surface area contributed by atoms with E-state index in [0.717, 1.165) is 29.7 Å². The number of anilines is 1. The molecule has 1 spiro atoms. The van der Waals surface area contributed by atoms with E-state index < -0.39 is 23.4 Å². The first-order valence-electron chi connectivity index (χ1n) is 9.13. The number of primary amides is 1. The summed E-state index contributed by atoms with van der Waals surface area (Å²) in [5.74, 6) is -1.15. The Labute approximate surface area is 157 Å². The number of nitrogens with two attached hydrogens (primary N) is 1. The molecule has 2 unspecified atom stereocenters. The van der Waals surface area contributed by atoms with Crippen LogP contribution in [-0.2, 0) is 20.8 Å². The van der Waals surface area contributed by atoms with Crippen molar-refractivity contribution in [1.82, 2.24) is 10.2 Å². The first-order chi connectivity index (χ1) is 12.8. The van der Waals surface area contributed by atoms with E-state index in [4.69, 9.17) is 5.73 Å². The van der Waals surface area contributed by atoms with Gasteiger partial charge >= 0.3 is 6.03 Å². The maximum Gasteiger partial charge on any atom is 0.325 e. The topological polar surface area (TPSA) is 122 Å². The van der Waals surface area contributed by atoms with Crippen LogP contribution >= 0.6 is 0 Å². The van der Waals surface area contributed by atoms with Gasteiger partial charge in [-0.15, -0.1) is 0 Å². The quantitative estimate of drug-likeness (QED) is 0.671. The highest BCUT2D eigenvalue weighted by molar-refractivity contribution is 6.10. The first-order valence-corrected chi connectivity index (χ1v) is 9.13. The van der Waals surface area contributed by atoms with E-state index in [2.05, 4.69) is 10.6 Å². The lowest BCUT2D eigenvalue weighted by molar-refractivity contribution is -0.136. The second-order valence-corrected chi connectivity index (χ2v) is 7.33. The zero-order chi connectivity index (χ0) is 19.6. The van der Waals surface area contributed by atoms with E-state index in [1.807, 2.05) is 6.92 Å².